The fourth-order valence-electron chi connectivity index (χ4n) is 2.42. The van der Waals surface area contributed by atoms with Gasteiger partial charge in [-0.2, -0.15) is 0 Å². The van der Waals surface area contributed by atoms with Crippen LogP contribution >= 0.6 is 11.6 Å². The van der Waals surface area contributed by atoms with Crippen LogP contribution in [0.15, 0.2) is 12.3 Å². The quantitative estimate of drug-likeness (QED) is 0.918. The first kappa shape index (κ1) is 14.6. The lowest BCUT2D eigenvalue weighted by Crippen LogP contribution is -2.23. The molecule has 1 aliphatic heterocycles. The number of anilines is 1. The first-order chi connectivity index (χ1) is 8.97. The van der Waals surface area contributed by atoms with Crippen LogP contribution in [0.4, 0.5) is 5.82 Å². The number of rotatable bonds is 4. The molecule has 0 saturated carbocycles. The number of halogens is 1. The summed E-state index contributed by atoms with van der Waals surface area (Å²) in [4.78, 5) is 6.86. The molecule has 1 aromatic heterocycles. The van der Waals surface area contributed by atoms with Gasteiger partial charge in [-0.3, -0.25) is 0 Å². The Kier molecular flexibility index (Phi) is 4.69. The lowest BCUT2D eigenvalue weighted by atomic mass is 10.0. The molecule has 2 heterocycles. The average molecular weight is 282 g/mol. The van der Waals surface area contributed by atoms with Gasteiger partial charge in [0, 0.05) is 31.9 Å². The summed E-state index contributed by atoms with van der Waals surface area (Å²) in [5.74, 6) is 2.35. The first-order valence-corrected chi connectivity index (χ1v) is 7.48. The highest BCUT2D eigenvalue weighted by molar-refractivity contribution is 6.33. The summed E-state index contributed by atoms with van der Waals surface area (Å²) in [6.07, 6.45) is 1.93. The zero-order chi connectivity index (χ0) is 14.0. The minimum Gasteiger partial charge on any atom is -0.355 e. The summed E-state index contributed by atoms with van der Waals surface area (Å²) in [6.45, 7) is 11.8. The van der Waals surface area contributed by atoms with Crippen LogP contribution < -0.4 is 10.2 Å². The van der Waals surface area contributed by atoms with Gasteiger partial charge in [0.15, 0.2) is 0 Å². The number of aromatic nitrogens is 1. The van der Waals surface area contributed by atoms with Crippen molar-refractivity contribution in [1.29, 1.82) is 0 Å². The second-order valence-electron chi connectivity index (χ2n) is 6.04. The van der Waals surface area contributed by atoms with Crippen LogP contribution in [-0.4, -0.2) is 24.1 Å². The second kappa shape index (κ2) is 6.10. The molecule has 1 N–H and O–H groups in total. The molecule has 0 radical (unpaired) electrons. The van der Waals surface area contributed by atoms with Crippen LogP contribution in [0.5, 0.6) is 0 Å². The minimum absolute atomic E-state index is 0.471. The van der Waals surface area contributed by atoms with Crippen LogP contribution in [0.3, 0.4) is 0 Å². The maximum Gasteiger partial charge on any atom is 0.147 e. The van der Waals surface area contributed by atoms with E-state index >= 15 is 0 Å². The van der Waals surface area contributed by atoms with Gasteiger partial charge in [0.25, 0.3) is 0 Å². The molecule has 2 unspecified atom stereocenters. The van der Waals surface area contributed by atoms with E-state index in [1.54, 1.807) is 0 Å². The third kappa shape index (κ3) is 3.61. The molecule has 1 saturated heterocycles. The van der Waals surface area contributed by atoms with Gasteiger partial charge in [-0.05, 0) is 23.5 Å². The van der Waals surface area contributed by atoms with Crippen LogP contribution in [-0.2, 0) is 6.54 Å². The van der Waals surface area contributed by atoms with E-state index in [0.717, 1.165) is 36.0 Å². The number of hydrogen-bond donors (Lipinski definition) is 1. The van der Waals surface area contributed by atoms with Crippen LogP contribution in [0.25, 0.3) is 0 Å². The molecule has 0 bridgehead atoms. The second-order valence-corrected chi connectivity index (χ2v) is 6.45. The van der Waals surface area contributed by atoms with Crippen molar-refractivity contribution in [2.75, 3.05) is 18.0 Å². The molecule has 4 heteroatoms. The monoisotopic (exact) mass is 281 g/mol. The Morgan fingerprint density at radius 1 is 1.37 bits per heavy atom. The van der Waals surface area contributed by atoms with Crippen LogP contribution in [0.2, 0.25) is 5.02 Å². The highest BCUT2D eigenvalue weighted by Crippen LogP contribution is 2.31. The number of pyridine rings is 1. The minimum atomic E-state index is 0.471. The lowest BCUT2D eigenvalue weighted by Gasteiger charge is -2.19. The van der Waals surface area contributed by atoms with Crippen molar-refractivity contribution in [3.63, 3.8) is 0 Å². The average Bonchev–Trinajstić information content (AvgIpc) is 2.67. The Morgan fingerprint density at radius 2 is 2.00 bits per heavy atom. The smallest absolute Gasteiger partial charge is 0.147 e. The maximum absolute atomic E-state index is 6.39. The Balaban J connectivity index is 2.07. The SMILES string of the molecule is CC(C)NCc1cnc(N2CC(C)C(C)C2)c(Cl)c1. The predicted octanol–water partition coefficient (Wildman–Crippen LogP) is 3.33. The Hall–Kier alpha value is -0.800. The molecule has 1 fully saturated rings. The van der Waals surface area contributed by atoms with Gasteiger partial charge in [-0.15, -0.1) is 0 Å². The van der Waals surface area contributed by atoms with Crippen molar-refractivity contribution in [1.82, 2.24) is 10.3 Å². The zero-order valence-electron chi connectivity index (χ0n) is 12.3. The largest absolute Gasteiger partial charge is 0.355 e. The summed E-state index contributed by atoms with van der Waals surface area (Å²) >= 11 is 6.39. The summed E-state index contributed by atoms with van der Waals surface area (Å²) < 4.78 is 0. The summed E-state index contributed by atoms with van der Waals surface area (Å²) in [5.41, 5.74) is 1.14. The summed E-state index contributed by atoms with van der Waals surface area (Å²) in [6, 6.07) is 2.51. The highest BCUT2D eigenvalue weighted by Gasteiger charge is 2.28. The molecule has 2 rings (SSSR count). The lowest BCUT2D eigenvalue weighted by molar-refractivity contribution is 0.494. The molecule has 2 atom stereocenters. The molecule has 0 aromatic carbocycles. The Morgan fingerprint density at radius 3 is 2.53 bits per heavy atom. The molecule has 1 aliphatic rings. The van der Waals surface area contributed by atoms with Gasteiger partial charge >= 0.3 is 0 Å². The third-order valence-corrected chi connectivity index (χ3v) is 4.16. The van der Waals surface area contributed by atoms with E-state index in [2.05, 4.69) is 42.9 Å². The third-order valence-electron chi connectivity index (χ3n) is 3.88. The van der Waals surface area contributed by atoms with E-state index in [1.165, 1.54) is 0 Å². The van der Waals surface area contributed by atoms with E-state index < -0.39 is 0 Å². The van der Waals surface area contributed by atoms with Gasteiger partial charge in [0.05, 0.1) is 5.02 Å². The van der Waals surface area contributed by atoms with Gasteiger partial charge in [-0.25, -0.2) is 4.98 Å². The molecular weight excluding hydrogens is 258 g/mol. The molecule has 19 heavy (non-hydrogen) atoms. The molecular formula is C15H24ClN3. The fraction of sp³-hybridized carbons (Fsp3) is 0.667. The van der Waals surface area contributed by atoms with Gasteiger partial charge in [0.1, 0.15) is 5.82 Å². The molecule has 0 spiro atoms. The predicted molar refractivity (Wildman–Crippen MR) is 81.8 cm³/mol. The molecule has 3 nitrogen and oxygen atoms in total. The fourth-order valence-corrected chi connectivity index (χ4v) is 2.73. The van der Waals surface area contributed by atoms with E-state index in [1.807, 2.05) is 12.3 Å². The van der Waals surface area contributed by atoms with E-state index in [4.69, 9.17) is 11.6 Å². The highest BCUT2D eigenvalue weighted by atomic mass is 35.5. The van der Waals surface area contributed by atoms with Crippen molar-refractivity contribution >= 4 is 17.4 Å². The molecule has 1 aromatic rings. The van der Waals surface area contributed by atoms with E-state index in [9.17, 15) is 0 Å². The Bertz CT molecular complexity index is 423. The summed E-state index contributed by atoms with van der Waals surface area (Å²) in [7, 11) is 0. The van der Waals surface area contributed by atoms with Crippen LogP contribution in [0, 0.1) is 11.8 Å². The van der Waals surface area contributed by atoms with E-state index in [0.29, 0.717) is 17.9 Å². The Labute approximate surface area is 121 Å². The molecule has 0 aliphatic carbocycles. The topological polar surface area (TPSA) is 28.2 Å². The van der Waals surface area contributed by atoms with Gasteiger partial charge < -0.3 is 10.2 Å². The maximum atomic E-state index is 6.39. The number of nitrogens with zero attached hydrogens (tertiary/aromatic N) is 2. The van der Waals surface area contributed by atoms with Gasteiger partial charge in [-0.1, -0.05) is 39.3 Å². The standard InChI is InChI=1S/C15H24ClN3/c1-10(2)17-6-13-5-14(16)15(18-7-13)19-8-11(3)12(4)9-19/h5,7,10-12,17H,6,8-9H2,1-4H3. The van der Waals surface area contributed by atoms with Gasteiger partial charge in [0.2, 0.25) is 0 Å². The van der Waals surface area contributed by atoms with E-state index in [-0.39, 0.29) is 0 Å². The number of hydrogen-bond acceptors (Lipinski definition) is 3. The van der Waals surface area contributed by atoms with Crippen molar-refractivity contribution in [2.24, 2.45) is 11.8 Å². The van der Waals surface area contributed by atoms with Crippen molar-refractivity contribution in [3.05, 3.63) is 22.8 Å². The molecule has 0 amide bonds. The zero-order valence-corrected chi connectivity index (χ0v) is 13.0. The first-order valence-electron chi connectivity index (χ1n) is 7.10. The van der Waals surface area contributed by atoms with Crippen molar-refractivity contribution in [2.45, 2.75) is 40.3 Å². The normalized spacial score (nSPS) is 23.4. The summed E-state index contributed by atoms with van der Waals surface area (Å²) in [5, 5.41) is 4.15. The van der Waals surface area contributed by atoms with Crippen molar-refractivity contribution < 1.29 is 0 Å². The molecule has 106 valence electrons. The van der Waals surface area contributed by atoms with Crippen LogP contribution in [0.1, 0.15) is 33.3 Å². The van der Waals surface area contributed by atoms with Crippen molar-refractivity contribution in [3.8, 4) is 0 Å². The number of nitrogens with one attached hydrogen (secondary N) is 1.